The van der Waals surface area contributed by atoms with E-state index in [9.17, 15) is 0 Å². The fourth-order valence-corrected chi connectivity index (χ4v) is 43.8. The van der Waals surface area contributed by atoms with Crippen molar-refractivity contribution in [2.45, 2.75) is 61.0 Å². The molecule has 0 aromatic carbocycles. The Kier molecular flexibility index (Phi) is 10.0. The molecule has 2 fully saturated rings. The summed E-state index contributed by atoms with van der Waals surface area (Å²) in [7, 11) is 0. The van der Waals surface area contributed by atoms with Gasteiger partial charge in [-0.05, 0) is 0 Å². The Morgan fingerprint density at radius 2 is 1.03 bits per heavy atom. The molecule has 2 saturated carbocycles. The Labute approximate surface area is 206 Å². The van der Waals surface area contributed by atoms with Crippen molar-refractivity contribution >= 4 is 5.49 Å². The third-order valence-corrected chi connectivity index (χ3v) is 38.5. The van der Waals surface area contributed by atoms with Crippen molar-refractivity contribution in [3.63, 3.8) is 0 Å². The number of halogens is 2. The molecule has 0 N–H and O–H groups in total. The van der Waals surface area contributed by atoms with E-state index < -0.39 is 20.1 Å². The minimum atomic E-state index is -1.87. The maximum atomic E-state index is 2.73. The van der Waals surface area contributed by atoms with Gasteiger partial charge in [-0.15, -0.1) is 0 Å². The summed E-state index contributed by atoms with van der Waals surface area (Å²) in [6.07, 6.45) is 22.8. The topological polar surface area (TPSA) is 0 Å². The van der Waals surface area contributed by atoms with Crippen molar-refractivity contribution in [3.8, 4) is 0 Å². The first-order valence-corrected chi connectivity index (χ1v) is 23.8. The Balaban J connectivity index is 0.00000160. The minimum absolute atomic E-state index is 0. The average molecular weight is 630 g/mol. The van der Waals surface area contributed by atoms with E-state index in [4.69, 9.17) is 0 Å². The molecule has 4 aliphatic rings. The fourth-order valence-electron chi connectivity index (χ4n) is 7.22. The Morgan fingerprint density at radius 1 is 0.667 bits per heavy atom. The molecule has 4 heteroatoms. The van der Waals surface area contributed by atoms with Gasteiger partial charge in [0.15, 0.2) is 0 Å². The van der Waals surface area contributed by atoms with Gasteiger partial charge in [0.05, 0.1) is 0 Å². The number of hydrogen-bond acceptors (Lipinski definition) is 0. The third kappa shape index (κ3) is 4.92. The van der Waals surface area contributed by atoms with E-state index in [-0.39, 0.29) is 30.3 Å². The van der Waals surface area contributed by atoms with E-state index in [2.05, 4.69) is 89.4 Å². The standard InChI is InChI=1S/2C12H17.C2H6Si.2ClH.Hf/c2*1-9(2)12-7-10-5-3-4-6-11(10)8-12;1-3-2;;;/h2*3-7,9-12H,8H2,1-2H3;1-2H3;2*1H;/q;;;;;+2/p-2. The van der Waals surface area contributed by atoms with Crippen molar-refractivity contribution in [2.24, 2.45) is 47.3 Å². The molecule has 4 rings (SSSR count). The summed E-state index contributed by atoms with van der Waals surface area (Å²) in [5.74, 6) is 7.15. The van der Waals surface area contributed by atoms with Gasteiger partial charge in [0.1, 0.15) is 0 Å². The van der Waals surface area contributed by atoms with E-state index in [1.54, 1.807) is 0 Å². The molecule has 0 aromatic heterocycles. The van der Waals surface area contributed by atoms with E-state index in [0.717, 1.165) is 54.7 Å². The van der Waals surface area contributed by atoms with Gasteiger partial charge in [-0.1, -0.05) is 0 Å². The summed E-state index contributed by atoms with van der Waals surface area (Å²) >= 11 is -1.87. The van der Waals surface area contributed by atoms with Gasteiger partial charge in [0.25, 0.3) is 0 Å². The molecule has 0 spiro atoms. The van der Waals surface area contributed by atoms with Gasteiger partial charge in [0.2, 0.25) is 0 Å². The third-order valence-electron chi connectivity index (χ3n) is 8.44. The molecule has 0 heterocycles. The van der Waals surface area contributed by atoms with Gasteiger partial charge in [0, 0.05) is 0 Å². The van der Waals surface area contributed by atoms with Gasteiger partial charge in [-0.2, -0.15) is 0 Å². The zero-order chi connectivity index (χ0) is 20.0. The van der Waals surface area contributed by atoms with Crippen LogP contribution in [0.15, 0.2) is 48.6 Å². The number of rotatable bonds is 4. The molecule has 8 atom stereocenters. The molecule has 30 heavy (non-hydrogen) atoms. The zero-order valence-electron chi connectivity index (χ0n) is 19.6. The summed E-state index contributed by atoms with van der Waals surface area (Å²) in [6.45, 7) is 15.6. The van der Waals surface area contributed by atoms with E-state index in [1.807, 2.05) is 0 Å². The van der Waals surface area contributed by atoms with E-state index in [1.165, 1.54) is 12.8 Å². The van der Waals surface area contributed by atoms with Gasteiger partial charge >= 0.3 is 182 Å². The monoisotopic (exact) mass is 630 g/mol. The van der Waals surface area contributed by atoms with Crippen LogP contribution in [-0.4, -0.2) is 5.49 Å². The first-order valence-electron chi connectivity index (χ1n) is 11.8. The first kappa shape index (κ1) is 26.9. The van der Waals surface area contributed by atoms with Crippen molar-refractivity contribution in [1.82, 2.24) is 0 Å². The van der Waals surface area contributed by atoms with Crippen LogP contribution in [0.4, 0.5) is 0 Å². The molecule has 166 valence electrons. The molecule has 0 bridgehead atoms. The van der Waals surface area contributed by atoms with Gasteiger partial charge < -0.3 is 24.8 Å². The van der Waals surface area contributed by atoms with E-state index >= 15 is 0 Å². The molecule has 0 radical (unpaired) electrons. The largest absolute Gasteiger partial charge is 1.00 e. The quantitative estimate of drug-likeness (QED) is 0.414. The number of allylic oxidation sites excluding steroid dienone is 8. The summed E-state index contributed by atoms with van der Waals surface area (Å²) in [5, 5.41) is 0. The average Bonchev–Trinajstić information content (AvgIpc) is 3.22. The molecule has 8 unspecified atom stereocenters. The second-order valence-electron chi connectivity index (χ2n) is 10.8. The van der Waals surface area contributed by atoms with Crippen molar-refractivity contribution in [2.75, 3.05) is 0 Å². The SMILES string of the molecule is CC(C)C1CC2C=CC=CC2[CH]1[Hf+2]([CH]1C2C=CC=CC2CC1C(C)C)=[Si](C)C.[Cl-].[Cl-]. The minimum Gasteiger partial charge on any atom is -1.00 e. The number of hydrogen-bond donors (Lipinski definition) is 0. The predicted molar refractivity (Wildman–Crippen MR) is 121 cm³/mol. The Bertz CT molecular complexity index is 688. The summed E-state index contributed by atoms with van der Waals surface area (Å²) in [6, 6.07) is 0. The smallest absolute Gasteiger partial charge is 1.00 e. The van der Waals surface area contributed by atoms with E-state index in [0.29, 0.717) is 0 Å². The van der Waals surface area contributed by atoms with Gasteiger partial charge in [-0.25, -0.2) is 0 Å². The molecular formula is C26H40Cl2HfSi. The molecular weight excluding hydrogens is 590 g/mol. The molecule has 0 nitrogen and oxygen atoms in total. The fraction of sp³-hybridized carbons (Fsp3) is 0.692. The van der Waals surface area contributed by atoms with Crippen LogP contribution in [0.5, 0.6) is 0 Å². The summed E-state index contributed by atoms with van der Waals surface area (Å²) in [5.41, 5.74) is -0.172. The van der Waals surface area contributed by atoms with Crippen LogP contribution >= 0.6 is 0 Å². The van der Waals surface area contributed by atoms with Crippen LogP contribution in [0.2, 0.25) is 20.4 Å². The summed E-state index contributed by atoms with van der Waals surface area (Å²) in [4.78, 5) is 0. The molecule has 0 aromatic rings. The van der Waals surface area contributed by atoms with Gasteiger partial charge in [-0.3, -0.25) is 0 Å². The Morgan fingerprint density at radius 3 is 1.37 bits per heavy atom. The second-order valence-corrected chi connectivity index (χ2v) is 36.4. The van der Waals surface area contributed by atoms with Crippen molar-refractivity contribution < 1.29 is 44.9 Å². The normalized spacial score (nSPS) is 38.0. The van der Waals surface area contributed by atoms with Crippen LogP contribution in [0.25, 0.3) is 0 Å². The molecule has 4 aliphatic carbocycles. The first-order chi connectivity index (χ1) is 13.4. The maximum absolute atomic E-state index is 2.73. The second kappa shape index (κ2) is 11.2. The van der Waals surface area contributed by atoms with Crippen LogP contribution < -0.4 is 24.8 Å². The maximum Gasteiger partial charge on any atom is -1.00 e. The van der Waals surface area contributed by atoms with Crippen LogP contribution in [0.1, 0.15) is 40.5 Å². The van der Waals surface area contributed by atoms with Crippen LogP contribution in [0.3, 0.4) is 0 Å². The molecule has 0 aliphatic heterocycles. The van der Waals surface area contributed by atoms with Crippen molar-refractivity contribution in [1.29, 1.82) is 0 Å². The van der Waals surface area contributed by atoms with Crippen LogP contribution in [0, 0.1) is 47.3 Å². The van der Waals surface area contributed by atoms with Crippen LogP contribution in [-0.2, 0) is 20.1 Å². The summed E-state index contributed by atoms with van der Waals surface area (Å²) < 4.78 is 2.20. The molecule has 0 amide bonds. The molecule has 0 saturated heterocycles. The predicted octanol–water partition coefficient (Wildman–Crippen LogP) is 1.51. The zero-order valence-corrected chi connectivity index (χ0v) is 25.7. The van der Waals surface area contributed by atoms with Crippen molar-refractivity contribution in [3.05, 3.63) is 48.6 Å². The Hall–Kier alpha value is 0.627. The number of fused-ring (bicyclic) bond motifs is 2.